The van der Waals surface area contributed by atoms with Gasteiger partial charge in [0, 0.05) is 0 Å². The second-order valence-corrected chi connectivity index (χ2v) is 1.23. The summed E-state index contributed by atoms with van der Waals surface area (Å²) in [5, 5.41) is 17.0. The Hall–Kier alpha value is -0.360. The van der Waals surface area contributed by atoms with Gasteiger partial charge in [0.2, 0.25) is 11.8 Å². The SMILES string of the molecule is O.Oc1cc(O)ncn1.[NaH]. The van der Waals surface area contributed by atoms with Gasteiger partial charge in [-0.25, -0.2) is 9.97 Å². The van der Waals surface area contributed by atoms with Gasteiger partial charge in [-0.1, -0.05) is 0 Å². The molecule has 4 N–H and O–H groups in total. The minimum atomic E-state index is -0.225. The maximum absolute atomic E-state index is 8.50. The number of nitrogens with zero attached hydrogens (tertiary/aromatic N) is 2. The first-order valence-electron chi connectivity index (χ1n) is 1.99. The molecule has 0 amide bonds. The van der Waals surface area contributed by atoms with Crippen LogP contribution in [-0.4, -0.2) is 55.2 Å². The van der Waals surface area contributed by atoms with Crippen LogP contribution >= 0.6 is 0 Å². The van der Waals surface area contributed by atoms with Gasteiger partial charge in [-0.15, -0.1) is 0 Å². The van der Waals surface area contributed by atoms with Gasteiger partial charge >= 0.3 is 29.6 Å². The molecule has 1 heterocycles. The molecule has 0 saturated carbocycles. The molecule has 0 bridgehead atoms. The summed E-state index contributed by atoms with van der Waals surface area (Å²) in [5.41, 5.74) is 0. The Bertz CT molecular complexity index is 178. The molecule has 0 spiro atoms. The Labute approximate surface area is 79.4 Å². The summed E-state index contributed by atoms with van der Waals surface area (Å²) in [6.07, 6.45) is 1.07. The first-order chi connectivity index (χ1) is 3.79. The number of hydrogen-bond acceptors (Lipinski definition) is 4. The first-order valence-corrected chi connectivity index (χ1v) is 1.99. The van der Waals surface area contributed by atoms with Gasteiger partial charge in [0.05, 0.1) is 6.07 Å². The Kier molecular flexibility index (Phi) is 6.69. The second-order valence-electron chi connectivity index (χ2n) is 1.23. The predicted octanol–water partition coefficient (Wildman–Crippen LogP) is -1.59. The molecule has 5 nitrogen and oxygen atoms in total. The number of rotatable bonds is 0. The van der Waals surface area contributed by atoms with Crippen molar-refractivity contribution in [2.24, 2.45) is 0 Å². The molecule has 0 aliphatic heterocycles. The van der Waals surface area contributed by atoms with E-state index in [1.807, 2.05) is 0 Å². The van der Waals surface area contributed by atoms with Gasteiger partial charge in [-0.2, -0.15) is 0 Å². The Morgan fingerprint density at radius 3 is 1.70 bits per heavy atom. The average molecular weight is 154 g/mol. The summed E-state index contributed by atoms with van der Waals surface area (Å²) in [5.74, 6) is -0.449. The van der Waals surface area contributed by atoms with Gasteiger partial charge in [-0.05, 0) is 0 Å². The summed E-state index contributed by atoms with van der Waals surface area (Å²) in [4.78, 5) is 6.65. The van der Waals surface area contributed by atoms with E-state index in [1.54, 1.807) is 0 Å². The topological polar surface area (TPSA) is 97.7 Å². The maximum atomic E-state index is 8.50. The zero-order valence-electron chi connectivity index (χ0n) is 4.44. The molecular formula is C4H7N2NaO3. The first kappa shape index (κ1) is 12.3. The summed E-state index contributed by atoms with van der Waals surface area (Å²) in [7, 11) is 0. The van der Waals surface area contributed by atoms with Crippen molar-refractivity contribution in [3.8, 4) is 11.8 Å². The molecule has 0 aliphatic rings. The third kappa shape index (κ3) is 3.62. The van der Waals surface area contributed by atoms with Crippen LogP contribution in [-0.2, 0) is 0 Å². The summed E-state index contributed by atoms with van der Waals surface area (Å²) < 4.78 is 0. The summed E-state index contributed by atoms with van der Waals surface area (Å²) >= 11 is 0. The zero-order valence-corrected chi connectivity index (χ0v) is 4.44. The van der Waals surface area contributed by atoms with E-state index >= 15 is 0 Å². The Balaban J connectivity index is 0. The predicted molar refractivity (Wildman–Crippen MR) is 36.1 cm³/mol. The van der Waals surface area contributed by atoms with Crippen molar-refractivity contribution < 1.29 is 15.7 Å². The fourth-order valence-corrected chi connectivity index (χ4v) is 0.337. The molecule has 1 rings (SSSR count). The average Bonchev–Trinajstić information content (AvgIpc) is 1.64. The van der Waals surface area contributed by atoms with Gasteiger partial charge in [-0.3, -0.25) is 0 Å². The molecule has 0 fully saturated rings. The van der Waals surface area contributed by atoms with Crippen molar-refractivity contribution in [1.82, 2.24) is 9.97 Å². The van der Waals surface area contributed by atoms with E-state index in [0.717, 1.165) is 12.4 Å². The second kappa shape index (κ2) is 5.43. The van der Waals surface area contributed by atoms with Gasteiger partial charge in [0.25, 0.3) is 0 Å². The fourth-order valence-electron chi connectivity index (χ4n) is 0.337. The standard InChI is InChI=1S/C4H4N2O2.Na.H2O.H/c7-3-1-4(8)6-2-5-3;;;/h1-2H,(H2,5,6,7,8);;1H2;. The fraction of sp³-hybridized carbons (Fsp3) is 0. The molecule has 10 heavy (non-hydrogen) atoms. The van der Waals surface area contributed by atoms with Crippen molar-refractivity contribution in [3.05, 3.63) is 12.4 Å². The number of aromatic hydroxyl groups is 2. The molecule has 52 valence electrons. The molecule has 0 atom stereocenters. The van der Waals surface area contributed by atoms with Crippen molar-refractivity contribution in [1.29, 1.82) is 0 Å². The van der Waals surface area contributed by atoms with Crippen molar-refractivity contribution in [2.45, 2.75) is 0 Å². The molecule has 1 aromatic rings. The van der Waals surface area contributed by atoms with E-state index in [-0.39, 0.29) is 46.8 Å². The zero-order chi connectivity index (χ0) is 5.98. The normalized spacial score (nSPS) is 7.20. The van der Waals surface area contributed by atoms with Gasteiger partial charge in [0.1, 0.15) is 6.33 Å². The third-order valence-electron chi connectivity index (χ3n) is 0.638. The van der Waals surface area contributed by atoms with Crippen LogP contribution in [0.2, 0.25) is 0 Å². The van der Waals surface area contributed by atoms with E-state index in [0.29, 0.717) is 0 Å². The Morgan fingerprint density at radius 1 is 1.10 bits per heavy atom. The van der Waals surface area contributed by atoms with Crippen LogP contribution in [0.1, 0.15) is 0 Å². The minimum absolute atomic E-state index is 0. The summed E-state index contributed by atoms with van der Waals surface area (Å²) in [6, 6.07) is 1.06. The van der Waals surface area contributed by atoms with E-state index in [2.05, 4.69) is 9.97 Å². The van der Waals surface area contributed by atoms with Crippen molar-refractivity contribution in [2.75, 3.05) is 0 Å². The quantitative estimate of drug-likeness (QED) is 0.440. The van der Waals surface area contributed by atoms with E-state index in [4.69, 9.17) is 10.2 Å². The monoisotopic (exact) mass is 154 g/mol. The number of aromatic nitrogens is 2. The summed E-state index contributed by atoms with van der Waals surface area (Å²) in [6.45, 7) is 0. The molecule has 0 unspecified atom stereocenters. The molecule has 1 aromatic heterocycles. The van der Waals surface area contributed by atoms with Crippen molar-refractivity contribution in [3.63, 3.8) is 0 Å². The van der Waals surface area contributed by atoms with Crippen LogP contribution in [0.15, 0.2) is 12.4 Å². The van der Waals surface area contributed by atoms with E-state index in [9.17, 15) is 0 Å². The van der Waals surface area contributed by atoms with Gasteiger partial charge in [0.15, 0.2) is 0 Å². The van der Waals surface area contributed by atoms with Crippen LogP contribution in [0.3, 0.4) is 0 Å². The molecule has 0 radical (unpaired) electrons. The number of hydrogen-bond donors (Lipinski definition) is 2. The van der Waals surface area contributed by atoms with Gasteiger partial charge < -0.3 is 15.7 Å². The van der Waals surface area contributed by atoms with Crippen LogP contribution in [0.5, 0.6) is 11.8 Å². The third-order valence-corrected chi connectivity index (χ3v) is 0.638. The van der Waals surface area contributed by atoms with Crippen LogP contribution in [0, 0.1) is 0 Å². The Morgan fingerprint density at radius 2 is 1.50 bits per heavy atom. The van der Waals surface area contributed by atoms with Crippen LogP contribution < -0.4 is 0 Å². The van der Waals surface area contributed by atoms with Crippen LogP contribution in [0.4, 0.5) is 0 Å². The van der Waals surface area contributed by atoms with Crippen LogP contribution in [0.25, 0.3) is 0 Å². The molecular weight excluding hydrogens is 147 g/mol. The molecule has 0 aromatic carbocycles. The molecule has 0 aliphatic carbocycles. The van der Waals surface area contributed by atoms with E-state index < -0.39 is 0 Å². The van der Waals surface area contributed by atoms with Crippen molar-refractivity contribution >= 4 is 29.6 Å². The van der Waals surface area contributed by atoms with E-state index in [1.165, 1.54) is 0 Å². The molecule has 0 saturated heterocycles. The molecule has 6 heteroatoms.